The van der Waals surface area contributed by atoms with Gasteiger partial charge in [0, 0.05) is 51.0 Å². The van der Waals surface area contributed by atoms with E-state index in [1.165, 1.54) is 23.0 Å². The van der Waals surface area contributed by atoms with Crippen LogP contribution in [-0.2, 0) is 27.4 Å². The first-order chi connectivity index (χ1) is 19.3. The molecule has 0 bridgehead atoms. The summed E-state index contributed by atoms with van der Waals surface area (Å²) >= 11 is 0. The summed E-state index contributed by atoms with van der Waals surface area (Å²) in [5.74, 6) is -0.550. The summed E-state index contributed by atoms with van der Waals surface area (Å²) < 4.78 is 5.52. The third-order valence-electron chi connectivity index (χ3n) is 7.00. The van der Waals surface area contributed by atoms with Gasteiger partial charge in [-0.1, -0.05) is 36.4 Å². The molecule has 1 heterocycles. The minimum atomic E-state index is -0.645. The molecule has 2 aromatic rings. The lowest BCUT2D eigenvalue weighted by Gasteiger charge is -2.30. The van der Waals surface area contributed by atoms with Crippen LogP contribution in [0.1, 0.15) is 61.7 Å². The van der Waals surface area contributed by atoms with Gasteiger partial charge in [-0.05, 0) is 64.3 Å². The Labute approximate surface area is 243 Å². The van der Waals surface area contributed by atoms with E-state index in [-0.39, 0.29) is 43.8 Å². The van der Waals surface area contributed by atoms with Gasteiger partial charge in [0.25, 0.3) is 5.91 Å². The number of rotatable bonds is 11. The molecule has 2 aromatic carbocycles. The molecule has 222 valence electrons. The number of hydrazine groups is 1. The van der Waals surface area contributed by atoms with Crippen molar-refractivity contribution in [2.24, 2.45) is 0 Å². The summed E-state index contributed by atoms with van der Waals surface area (Å²) in [6.45, 7) is 12.6. The van der Waals surface area contributed by atoms with Crippen molar-refractivity contribution in [3.8, 4) is 0 Å². The summed E-state index contributed by atoms with van der Waals surface area (Å²) in [5.41, 5.74) is 3.63. The highest BCUT2D eigenvalue weighted by Gasteiger charge is 2.26. The van der Waals surface area contributed by atoms with Gasteiger partial charge in [0.15, 0.2) is 5.78 Å². The number of benzene rings is 2. The van der Waals surface area contributed by atoms with Gasteiger partial charge in [-0.25, -0.2) is 9.80 Å². The highest BCUT2D eigenvalue weighted by molar-refractivity contribution is 5.99. The molecule has 1 N–H and O–H groups in total. The Morgan fingerprint density at radius 1 is 0.951 bits per heavy atom. The molecule has 0 aromatic heterocycles. The maximum atomic E-state index is 13.5. The number of aryl methyl sites for hydroxylation is 1. The molecule has 0 unspecified atom stereocenters. The highest BCUT2D eigenvalue weighted by Crippen LogP contribution is 2.24. The molecule has 41 heavy (non-hydrogen) atoms. The Kier molecular flexibility index (Phi) is 10.6. The van der Waals surface area contributed by atoms with Crippen LogP contribution in [0.4, 0.5) is 10.5 Å². The van der Waals surface area contributed by atoms with E-state index in [9.17, 15) is 19.2 Å². The molecule has 3 rings (SSSR count). The molecule has 0 aliphatic carbocycles. The Morgan fingerprint density at radius 3 is 2.12 bits per heavy atom. The van der Waals surface area contributed by atoms with E-state index in [0.29, 0.717) is 30.9 Å². The number of carbonyl (C=O) groups is 4. The average molecular weight is 566 g/mol. The third-order valence-corrected chi connectivity index (χ3v) is 7.00. The number of Topliss-reactive ketones (excluding diaryl/α,β-unsaturated/α-hetero) is 1. The van der Waals surface area contributed by atoms with E-state index in [1.54, 1.807) is 55.9 Å². The molecular weight excluding hydrogens is 522 g/mol. The number of carbonyl (C=O) groups excluding carboxylic acids is 4. The van der Waals surface area contributed by atoms with Crippen molar-refractivity contribution < 1.29 is 23.9 Å². The van der Waals surface area contributed by atoms with Crippen LogP contribution in [0.25, 0.3) is 0 Å². The molecule has 1 aliphatic rings. The molecule has 10 nitrogen and oxygen atoms in total. The van der Waals surface area contributed by atoms with Crippen molar-refractivity contribution in [2.45, 2.75) is 60.2 Å². The minimum Gasteiger partial charge on any atom is -0.444 e. The topological polar surface area (TPSA) is 103 Å². The van der Waals surface area contributed by atoms with Gasteiger partial charge >= 0.3 is 6.09 Å². The fourth-order valence-electron chi connectivity index (χ4n) is 4.60. The molecule has 0 fully saturated rings. The number of fused-ring (bicyclic) bond motifs is 1. The average Bonchev–Trinajstić information content (AvgIpc) is 3.34. The van der Waals surface area contributed by atoms with E-state index in [0.717, 1.165) is 5.56 Å². The van der Waals surface area contributed by atoms with E-state index in [4.69, 9.17) is 4.74 Å². The molecule has 10 heteroatoms. The number of ketones is 1. The van der Waals surface area contributed by atoms with Crippen molar-refractivity contribution in [1.29, 1.82) is 0 Å². The SMILES string of the molecule is CCN(CCN(C(=O)CNCC(=O)N(C)N1Cc2ccccc2C1)c1cc(C(C)=O)ccc1C)C(=O)OC(C)(C)C. The summed E-state index contributed by atoms with van der Waals surface area (Å²) in [6, 6.07) is 13.3. The van der Waals surface area contributed by atoms with Crippen LogP contribution in [0.3, 0.4) is 0 Å². The van der Waals surface area contributed by atoms with Crippen LogP contribution in [0, 0.1) is 6.92 Å². The van der Waals surface area contributed by atoms with Crippen LogP contribution in [0.5, 0.6) is 0 Å². The largest absolute Gasteiger partial charge is 0.444 e. The number of likely N-dealkylation sites (N-methyl/N-ethyl adjacent to an activating group) is 2. The number of nitrogens with zero attached hydrogens (tertiary/aromatic N) is 4. The van der Waals surface area contributed by atoms with Crippen LogP contribution in [0.2, 0.25) is 0 Å². The summed E-state index contributed by atoms with van der Waals surface area (Å²) in [7, 11) is 1.73. The van der Waals surface area contributed by atoms with E-state index in [1.807, 2.05) is 31.0 Å². The molecule has 1 aliphatic heterocycles. The van der Waals surface area contributed by atoms with E-state index >= 15 is 0 Å². The van der Waals surface area contributed by atoms with Crippen molar-refractivity contribution in [3.05, 3.63) is 64.7 Å². The van der Waals surface area contributed by atoms with Crippen LogP contribution in [0.15, 0.2) is 42.5 Å². The lowest BCUT2D eigenvalue weighted by molar-refractivity contribution is -0.145. The predicted octanol–water partition coefficient (Wildman–Crippen LogP) is 3.77. The smallest absolute Gasteiger partial charge is 0.410 e. The summed E-state index contributed by atoms with van der Waals surface area (Å²) in [6.07, 6.45) is -0.461. The normalized spacial score (nSPS) is 13.0. The maximum absolute atomic E-state index is 13.5. The Hall–Kier alpha value is -3.76. The summed E-state index contributed by atoms with van der Waals surface area (Å²) in [4.78, 5) is 54.4. The Balaban J connectivity index is 1.68. The standard InChI is InChI=1S/C31H43N5O5/c1-8-34(30(40)41-31(4,5)6)15-16-36(27-17-24(23(3)37)14-13-22(27)2)29(39)19-32-18-28(38)33(7)35-20-25-11-9-10-12-26(25)21-35/h9-14,17,32H,8,15-16,18-21H2,1-7H3. The van der Waals surface area contributed by atoms with Gasteiger partial charge in [0.2, 0.25) is 5.91 Å². The lowest BCUT2D eigenvalue weighted by atomic mass is 10.1. The van der Waals surface area contributed by atoms with Gasteiger partial charge in [-0.2, -0.15) is 0 Å². The molecular formula is C31H43N5O5. The predicted molar refractivity (Wildman–Crippen MR) is 158 cm³/mol. The summed E-state index contributed by atoms with van der Waals surface area (Å²) in [5, 5.41) is 6.55. The van der Waals surface area contributed by atoms with Crippen molar-refractivity contribution in [1.82, 2.24) is 20.2 Å². The number of hydrogen-bond donors (Lipinski definition) is 1. The first-order valence-electron chi connectivity index (χ1n) is 14.0. The number of anilines is 1. The zero-order chi connectivity index (χ0) is 30.3. The highest BCUT2D eigenvalue weighted by atomic mass is 16.6. The van der Waals surface area contributed by atoms with Crippen molar-refractivity contribution in [2.75, 3.05) is 44.7 Å². The maximum Gasteiger partial charge on any atom is 0.410 e. The molecule has 0 radical (unpaired) electrons. The van der Waals surface area contributed by atoms with Crippen LogP contribution in [-0.4, -0.2) is 84.0 Å². The van der Waals surface area contributed by atoms with Crippen LogP contribution < -0.4 is 10.2 Å². The van der Waals surface area contributed by atoms with E-state index in [2.05, 4.69) is 17.4 Å². The number of ether oxygens (including phenoxy) is 1. The second kappa shape index (κ2) is 13.7. The van der Waals surface area contributed by atoms with E-state index < -0.39 is 11.7 Å². The van der Waals surface area contributed by atoms with Gasteiger partial charge in [0.05, 0.1) is 13.1 Å². The molecule has 3 amide bonds. The van der Waals surface area contributed by atoms with Gasteiger partial charge < -0.3 is 14.5 Å². The molecule has 0 atom stereocenters. The second-order valence-corrected chi connectivity index (χ2v) is 11.3. The Morgan fingerprint density at radius 2 is 1.56 bits per heavy atom. The first kappa shape index (κ1) is 31.8. The zero-order valence-electron chi connectivity index (χ0n) is 25.3. The fourth-order valence-corrected chi connectivity index (χ4v) is 4.60. The first-order valence-corrected chi connectivity index (χ1v) is 14.0. The Bertz CT molecular complexity index is 1250. The monoisotopic (exact) mass is 565 g/mol. The zero-order valence-corrected chi connectivity index (χ0v) is 25.3. The second-order valence-electron chi connectivity index (χ2n) is 11.3. The lowest BCUT2D eigenvalue weighted by Crippen LogP contribution is -2.48. The number of amides is 3. The van der Waals surface area contributed by atoms with Gasteiger partial charge in [-0.15, -0.1) is 0 Å². The third kappa shape index (κ3) is 8.61. The molecule has 0 saturated heterocycles. The quantitative estimate of drug-likeness (QED) is 0.414. The minimum absolute atomic E-state index is 0.0195. The van der Waals surface area contributed by atoms with Crippen LogP contribution >= 0.6 is 0 Å². The number of hydrogen-bond acceptors (Lipinski definition) is 7. The molecule has 0 spiro atoms. The van der Waals surface area contributed by atoms with Gasteiger partial charge in [-0.3, -0.25) is 24.7 Å². The number of nitrogens with one attached hydrogen (secondary N) is 1. The van der Waals surface area contributed by atoms with Crippen molar-refractivity contribution in [3.63, 3.8) is 0 Å². The van der Waals surface area contributed by atoms with Crippen molar-refractivity contribution >= 4 is 29.4 Å². The van der Waals surface area contributed by atoms with Gasteiger partial charge in [0.1, 0.15) is 5.60 Å². The fraction of sp³-hybridized carbons (Fsp3) is 0.484. The molecule has 0 saturated carbocycles.